The number of amides is 4. The zero-order valence-electron chi connectivity index (χ0n) is 16.5. The molecule has 0 spiro atoms. The SMILES string of the molecule is CC(C)(C)C(=O)N1CC2CC1C1C(=O)N(c3ccc(C#N)c(C(F)(F)F)c3)C(=O)N21. The van der Waals surface area contributed by atoms with Gasteiger partial charge in [-0.05, 0) is 24.6 Å². The summed E-state index contributed by atoms with van der Waals surface area (Å²) in [4.78, 5) is 42.5. The molecule has 3 unspecified atom stereocenters. The summed E-state index contributed by atoms with van der Waals surface area (Å²) in [5, 5.41) is 8.95. The van der Waals surface area contributed by atoms with Gasteiger partial charge in [-0.2, -0.15) is 18.4 Å². The second-order valence-corrected chi connectivity index (χ2v) is 8.81. The molecular formula is C20H19F3N4O3. The fourth-order valence-electron chi connectivity index (χ4n) is 4.56. The molecule has 1 aromatic rings. The molecule has 30 heavy (non-hydrogen) atoms. The molecule has 1 aromatic carbocycles. The molecule has 4 amide bonds. The Hall–Kier alpha value is -3.09. The van der Waals surface area contributed by atoms with Crippen molar-refractivity contribution >= 4 is 23.5 Å². The molecule has 10 heteroatoms. The Labute approximate surface area is 170 Å². The molecule has 0 saturated carbocycles. The van der Waals surface area contributed by atoms with E-state index < -0.39 is 46.7 Å². The minimum atomic E-state index is -4.81. The third kappa shape index (κ3) is 2.75. The van der Waals surface area contributed by atoms with E-state index in [1.165, 1.54) is 11.0 Å². The third-order valence-corrected chi connectivity index (χ3v) is 5.85. The van der Waals surface area contributed by atoms with Gasteiger partial charge in [-0.3, -0.25) is 9.59 Å². The lowest BCUT2D eigenvalue weighted by molar-refractivity contribution is -0.143. The molecule has 4 rings (SSSR count). The van der Waals surface area contributed by atoms with Gasteiger partial charge in [0, 0.05) is 12.0 Å². The topological polar surface area (TPSA) is 84.7 Å². The number of rotatable bonds is 1. The lowest BCUT2D eigenvalue weighted by atomic mass is 9.93. The predicted octanol–water partition coefficient (Wildman–Crippen LogP) is 2.74. The van der Waals surface area contributed by atoms with Gasteiger partial charge in [0.2, 0.25) is 5.91 Å². The molecule has 3 atom stereocenters. The maximum absolute atomic E-state index is 13.3. The Morgan fingerprint density at radius 2 is 1.87 bits per heavy atom. The Bertz CT molecular complexity index is 1010. The van der Waals surface area contributed by atoms with Crippen molar-refractivity contribution in [3.05, 3.63) is 29.3 Å². The summed E-state index contributed by atoms with van der Waals surface area (Å²) in [6, 6.07) is 1.78. The van der Waals surface area contributed by atoms with Gasteiger partial charge in [0.1, 0.15) is 6.04 Å². The van der Waals surface area contributed by atoms with Crippen LogP contribution in [0.5, 0.6) is 0 Å². The number of alkyl halides is 3. The maximum Gasteiger partial charge on any atom is 0.417 e. The first kappa shape index (κ1) is 20.2. The first-order valence-corrected chi connectivity index (χ1v) is 9.45. The van der Waals surface area contributed by atoms with Crippen molar-refractivity contribution in [1.29, 1.82) is 5.26 Å². The normalized spacial score (nSPS) is 25.8. The van der Waals surface area contributed by atoms with E-state index >= 15 is 0 Å². The number of urea groups is 1. The molecule has 3 saturated heterocycles. The first-order valence-electron chi connectivity index (χ1n) is 9.45. The van der Waals surface area contributed by atoms with Crippen molar-refractivity contribution in [2.75, 3.05) is 11.4 Å². The van der Waals surface area contributed by atoms with Gasteiger partial charge in [0.25, 0.3) is 5.91 Å². The summed E-state index contributed by atoms with van der Waals surface area (Å²) < 4.78 is 40.0. The Kier molecular flexibility index (Phi) is 4.18. The van der Waals surface area contributed by atoms with Gasteiger partial charge in [-0.15, -0.1) is 0 Å². The Morgan fingerprint density at radius 1 is 1.20 bits per heavy atom. The summed E-state index contributed by atoms with van der Waals surface area (Å²) >= 11 is 0. The minimum absolute atomic E-state index is 0.133. The molecule has 0 aliphatic carbocycles. The van der Waals surface area contributed by atoms with E-state index in [9.17, 15) is 27.6 Å². The largest absolute Gasteiger partial charge is 0.417 e. The average molecular weight is 420 g/mol. The first-order chi connectivity index (χ1) is 13.9. The molecule has 3 heterocycles. The van der Waals surface area contributed by atoms with Crippen molar-refractivity contribution in [2.45, 2.75) is 51.5 Å². The number of likely N-dealkylation sites (tertiary alicyclic amines) is 1. The molecule has 2 bridgehead atoms. The molecular weight excluding hydrogens is 401 g/mol. The number of anilines is 1. The van der Waals surface area contributed by atoms with E-state index in [0.29, 0.717) is 19.0 Å². The van der Waals surface area contributed by atoms with E-state index in [2.05, 4.69) is 0 Å². The predicted molar refractivity (Wildman–Crippen MR) is 98.0 cm³/mol. The van der Waals surface area contributed by atoms with Crippen molar-refractivity contribution in [2.24, 2.45) is 5.41 Å². The zero-order valence-corrected chi connectivity index (χ0v) is 16.5. The average Bonchev–Trinajstić information content (AvgIpc) is 3.30. The van der Waals surface area contributed by atoms with Gasteiger partial charge in [0.05, 0.1) is 35.0 Å². The van der Waals surface area contributed by atoms with E-state index in [-0.39, 0.29) is 17.6 Å². The number of nitriles is 1. The van der Waals surface area contributed by atoms with Crippen molar-refractivity contribution in [3.63, 3.8) is 0 Å². The van der Waals surface area contributed by atoms with Gasteiger partial charge >= 0.3 is 12.2 Å². The Balaban J connectivity index is 1.69. The van der Waals surface area contributed by atoms with Gasteiger partial charge in [-0.1, -0.05) is 20.8 Å². The number of imide groups is 1. The molecule has 3 fully saturated rings. The molecule has 0 radical (unpaired) electrons. The summed E-state index contributed by atoms with van der Waals surface area (Å²) in [6.07, 6.45) is -4.34. The number of carbonyl (C=O) groups is 3. The minimum Gasteiger partial charge on any atom is -0.334 e. The van der Waals surface area contributed by atoms with Crippen LogP contribution in [0, 0.1) is 16.7 Å². The lowest BCUT2D eigenvalue weighted by Gasteiger charge is -2.37. The molecule has 158 valence electrons. The van der Waals surface area contributed by atoms with Crippen LogP contribution < -0.4 is 4.90 Å². The van der Waals surface area contributed by atoms with Gasteiger partial charge in [0.15, 0.2) is 0 Å². The van der Waals surface area contributed by atoms with Crippen LogP contribution in [0.2, 0.25) is 0 Å². The quantitative estimate of drug-likeness (QED) is 0.654. The second kappa shape index (κ2) is 6.20. The molecule has 3 aliphatic heterocycles. The monoisotopic (exact) mass is 420 g/mol. The molecule has 7 nitrogen and oxygen atoms in total. The zero-order chi connectivity index (χ0) is 22.2. The van der Waals surface area contributed by atoms with Crippen LogP contribution in [-0.2, 0) is 15.8 Å². The number of hydrogen-bond donors (Lipinski definition) is 0. The summed E-state index contributed by atoms with van der Waals surface area (Å²) in [6.45, 7) is 5.60. The van der Waals surface area contributed by atoms with Crippen molar-refractivity contribution in [1.82, 2.24) is 9.80 Å². The van der Waals surface area contributed by atoms with Crippen LogP contribution in [0.4, 0.5) is 23.7 Å². The van der Waals surface area contributed by atoms with Crippen LogP contribution in [0.25, 0.3) is 0 Å². The van der Waals surface area contributed by atoms with Crippen LogP contribution >= 0.6 is 0 Å². The highest BCUT2D eigenvalue weighted by Crippen LogP contribution is 2.44. The maximum atomic E-state index is 13.3. The lowest BCUT2D eigenvalue weighted by Crippen LogP contribution is -2.56. The highest BCUT2D eigenvalue weighted by atomic mass is 19.4. The number of nitrogens with zero attached hydrogens (tertiary/aromatic N) is 4. The number of carbonyl (C=O) groups excluding carboxylic acids is 3. The fourth-order valence-corrected chi connectivity index (χ4v) is 4.56. The number of piperazine rings is 1. The summed E-state index contributed by atoms with van der Waals surface area (Å²) in [5.41, 5.74) is -2.69. The number of benzene rings is 1. The molecule has 0 N–H and O–H groups in total. The van der Waals surface area contributed by atoms with E-state index in [0.717, 1.165) is 17.0 Å². The van der Waals surface area contributed by atoms with Crippen molar-refractivity contribution in [3.8, 4) is 6.07 Å². The van der Waals surface area contributed by atoms with Crippen LogP contribution in [0.15, 0.2) is 18.2 Å². The molecule has 3 aliphatic rings. The highest BCUT2D eigenvalue weighted by Gasteiger charge is 2.63. The van der Waals surface area contributed by atoms with Crippen LogP contribution in [0.3, 0.4) is 0 Å². The standard InChI is InChI=1S/C20H19F3N4O3/c1-19(2,3)17(29)25-9-12-7-14(25)15-16(28)27(18(30)26(12)15)11-5-4-10(8-24)13(6-11)20(21,22)23/h4-6,12,14-15H,7,9H2,1-3H3. The van der Waals surface area contributed by atoms with E-state index in [4.69, 9.17) is 5.26 Å². The van der Waals surface area contributed by atoms with Crippen LogP contribution in [0.1, 0.15) is 38.3 Å². The number of hydrogen-bond acceptors (Lipinski definition) is 4. The van der Waals surface area contributed by atoms with Gasteiger partial charge < -0.3 is 9.80 Å². The summed E-state index contributed by atoms with van der Waals surface area (Å²) in [7, 11) is 0. The highest BCUT2D eigenvalue weighted by molar-refractivity contribution is 6.22. The second-order valence-electron chi connectivity index (χ2n) is 8.81. The number of fused-ring (bicyclic) bond motifs is 5. The summed E-state index contributed by atoms with van der Waals surface area (Å²) in [5.74, 6) is -0.789. The van der Waals surface area contributed by atoms with Gasteiger partial charge in [-0.25, -0.2) is 9.69 Å². The molecule has 0 aromatic heterocycles. The third-order valence-electron chi connectivity index (χ3n) is 5.85. The van der Waals surface area contributed by atoms with Crippen molar-refractivity contribution < 1.29 is 27.6 Å². The fraction of sp³-hybridized carbons (Fsp3) is 0.500. The smallest absolute Gasteiger partial charge is 0.334 e. The number of halogens is 3. The van der Waals surface area contributed by atoms with E-state index in [1.54, 1.807) is 25.7 Å². The van der Waals surface area contributed by atoms with E-state index in [1.807, 2.05) is 0 Å². The Morgan fingerprint density at radius 3 is 2.43 bits per heavy atom. The van der Waals surface area contributed by atoms with Crippen LogP contribution in [-0.4, -0.2) is 52.3 Å².